The van der Waals surface area contributed by atoms with Gasteiger partial charge in [0, 0.05) is 0 Å². The van der Waals surface area contributed by atoms with Gasteiger partial charge < -0.3 is 5.32 Å². The van der Waals surface area contributed by atoms with Crippen LogP contribution in [-0.2, 0) is 0 Å². The third-order valence-corrected chi connectivity index (χ3v) is 2.43. The molecule has 0 aromatic carbocycles. The Morgan fingerprint density at radius 1 is 1.83 bits per heavy atom. The standard InChI is InChI=1S/C9H9NOS/c1-3-5-10-9(11)8-7(2)4-6-12-8/h1,4,6H,5H2,2H3,(H,10,11). The van der Waals surface area contributed by atoms with Gasteiger partial charge in [0.15, 0.2) is 0 Å². The zero-order chi connectivity index (χ0) is 8.97. The monoisotopic (exact) mass is 179 g/mol. The van der Waals surface area contributed by atoms with Crippen LogP contribution in [0.4, 0.5) is 0 Å². The highest BCUT2D eigenvalue weighted by molar-refractivity contribution is 7.12. The highest BCUT2D eigenvalue weighted by Gasteiger charge is 2.07. The van der Waals surface area contributed by atoms with Gasteiger partial charge in [-0.1, -0.05) is 5.92 Å². The summed E-state index contributed by atoms with van der Waals surface area (Å²) in [5.41, 5.74) is 0.995. The number of carbonyl (C=O) groups is 1. The molecule has 12 heavy (non-hydrogen) atoms. The van der Waals surface area contributed by atoms with E-state index in [2.05, 4.69) is 11.2 Å². The molecular formula is C9H9NOS. The highest BCUT2D eigenvalue weighted by atomic mass is 32.1. The van der Waals surface area contributed by atoms with Gasteiger partial charge in [0.2, 0.25) is 0 Å². The van der Waals surface area contributed by atoms with Gasteiger partial charge in [-0.15, -0.1) is 17.8 Å². The Morgan fingerprint density at radius 3 is 3.08 bits per heavy atom. The summed E-state index contributed by atoms with van der Waals surface area (Å²) in [6.45, 7) is 2.19. The summed E-state index contributed by atoms with van der Waals surface area (Å²) in [7, 11) is 0. The number of thiophene rings is 1. The topological polar surface area (TPSA) is 29.1 Å². The molecule has 62 valence electrons. The molecule has 0 aliphatic rings. The van der Waals surface area contributed by atoms with Crippen molar-refractivity contribution in [2.24, 2.45) is 0 Å². The van der Waals surface area contributed by atoms with Crippen LogP contribution in [0.25, 0.3) is 0 Å². The number of aryl methyl sites for hydroxylation is 1. The van der Waals surface area contributed by atoms with Crippen molar-refractivity contribution in [2.75, 3.05) is 6.54 Å². The lowest BCUT2D eigenvalue weighted by Gasteiger charge is -1.98. The molecule has 0 aliphatic carbocycles. The third kappa shape index (κ3) is 1.86. The average molecular weight is 179 g/mol. The maximum Gasteiger partial charge on any atom is 0.262 e. The normalized spacial score (nSPS) is 9.00. The Morgan fingerprint density at radius 2 is 2.58 bits per heavy atom. The van der Waals surface area contributed by atoms with Gasteiger partial charge in [0.25, 0.3) is 5.91 Å². The van der Waals surface area contributed by atoms with Crippen LogP contribution in [0.5, 0.6) is 0 Å². The minimum atomic E-state index is -0.0829. The fraction of sp³-hybridized carbons (Fsp3) is 0.222. The molecule has 2 nitrogen and oxygen atoms in total. The van der Waals surface area contributed by atoms with E-state index >= 15 is 0 Å². The molecule has 0 fully saturated rings. The van der Waals surface area contributed by atoms with E-state index in [0.29, 0.717) is 0 Å². The molecule has 0 bridgehead atoms. The molecule has 1 aromatic rings. The van der Waals surface area contributed by atoms with E-state index in [-0.39, 0.29) is 12.5 Å². The van der Waals surface area contributed by atoms with Crippen molar-refractivity contribution in [3.63, 3.8) is 0 Å². The van der Waals surface area contributed by atoms with Gasteiger partial charge in [0.05, 0.1) is 11.4 Å². The van der Waals surface area contributed by atoms with Crippen molar-refractivity contribution in [1.29, 1.82) is 0 Å². The number of amides is 1. The zero-order valence-corrected chi connectivity index (χ0v) is 7.57. The van der Waals surface area contributed by atoms with Gasteiger partial charge in [-0.3, -0.25) is 4.79 Å². The summed E-state index contributed by atoms with van der Waals surface area (Å²) in [5, 5.41) is 4.50. The number of carbonyl (C=O) groups excluding carboxylic acids is 1. The first-order valence-electron chi connectivity index (χ1n) is 3.51. The van der Waals surface area contributed by atoms with E-state index in [4.69, 9.17) is 6.42 Å². The van der Waals surface area contributed by atoms with Gasteiger partial charge in [-0.2, -0.15) is 0 Å². The fourth-order valence-corrected chi connectivity index (χ4v) is 1.66. The maximum atomic E-state index is 11.3. The predicted octanol–water partition coefficient (Wildman–Crippen LogP) is 1.42. The average Bonchev–Trinajstić information content (AvgIpc) is 2.47. The molecule has 0 atom stereocenters. The molecule has 1 heterocycles. The van der Waals surface area contributed by atoms with Crippen LogP contribution in [0.3, 0.4) is 0 Å². The van der Waals surface area contributed by atoms with Crippen molar-refractivity contribution in [1.82, 2.24) is 5.32 Å². The van der Waals surface area contributed by atoms with Crippen LogP contribution in [0.15, 0.2) is 11.4 Å². The Hall–Kier alpha value is -1.27. The van der Waals surface area contributed by atoms with Gasteiger partial charge in [-0.05, 0) is 23.9 Å². The van der Waals surface area contributed by atoms with Crippen molar-refractivity contribution >= 4 is 17.2 Å². The van der Waals surface area contributed by atoms with E-state index < -0.39 is 0 Å². The SMILES string of the molecule is C#CCNC(=O)c1sccc1C. The largest absolute Gasteiger partial charge is 0.340 e. The summed E-state index contributed by atoms with van der Waals surface area (Å²) in [5.74, 6) is 2.27. The lowest BCUT2D eigenvalue weighted by Crippen LogP contribution is -2.23. The Balaban J connectivity index is 2.67. The summed E-state index contributed by atoms with van der Waals surface area (Å²) in [4.78, 5) is 12.0. The smallest absolute Gasteiger partial charge is 0.262 e. The first kappa shape index (κ1) is 8.82. The van der Waals surface area contributed by atoms with Crippen LogP contribution in [0.1, 0.15) is 15.2 Å². The van der Waals surface area contributed by atoms with Crippen molar-refractivity contribution in [3.05, 3.63) is 21.9 Å². The van der Waals surface area contributed by atoms with Gasteiger partial charge in [-0.25, -0.2) is 0 Å². The molecule has 3 heteroatoms. The number of rotatable bonds is 2. The minimum Gasteiger partial charge on any atom is -0.340 e. The predicted molar refractivity (Wildman–Crippen MR) is 50.2 cm³/mol. The summed E-state index contributed by atoms with van der Waals surface area (Å²) in [6.07, 6.45) is 5.01. The summed E-state index contributed by atoms with van der Waals surface area (Å²) < 4.78 is 0. The summed E-state index contributed by atoms with van der Waals surface area (Å²) >= 11 is 1.43. The number of hydrogen-bond donors (Lipinski definition) is 1. The van der Waals surface area contributed by atoms with Crippen LogP contribution in [0, 0.1) is 19.3 Å². The van der Waals surface area contributed by atoms with E-state index in [1.54, 1.807) is 0 Å². The maximum absolute atomic E-state index is 11.3. The molecule has 1 amide bonds. The molecule has 0 radical (unpaired) electrons. The van der Waals surface area contributed by atoms with Crippen LogP contribution in [-0.4, -0.2) is 12.5 Å². The zero-order valence-electron chi connectivity index (χ0n) is 6.76. The van der Waals surface area contributed by atoms with E-state index in [0.717, 1.165) is 10.4 Å². The van der Waals surface area contributed by atoms with E-state index in [1.807, 2.05) is 18.4 Å². The van der Waals surface area contributed by atoms with Crippen LogP contribution in [0.2, 0.25) is 0 Å². The Bertz CT molecular complexity index is 322. The molecule has 0 unspecified atom stereocenters. The Kier molecular flexibility index (Phi) is 2.89. The number of terminal acetylenes is 1. The number of hydrogen-bond acceptors (Lipinski definition) is 2. The molecule has 0 aliphatic heterocycles. The van der Waals surface area contributed by atoms with Gasteiger partial charge >= 0.3 is 0 Å². The second-order valence-electron chi connectivity index (χ2n) is 2.32. The number of nitrogens with one attached hydrogen (secondary N) is 1. The van der Waals surface area contributed by atoms with Crippen LogP contribution >= 0.6 is 11.3 Å². The first-order chi connectivity index (χ1) is 5.75. The van der Waals surface area contributed by atoms with E-state index in [9.17, 15) is 4.79 Å². The molecule has 1 rings (SSSR count). The molecule has 1 aromatic heterocycles. The minimum absolute atomic E-state index is 0.0829. The second kappa shape index (κ2) is 3.93. The molecule has 0 saturated carbocycles. The lowest BCUT2D eigenvalue weighted by molar-refractivity contribution is 0.0962. The second-order valence-corrected chi connectivity index (χ2v) is 3.24. The third-order valence-electron chi connectivity index (χ3n) is 1.42. The first-order valence-corrected chi connectivity index (χ1v) is 4.39. The lowest BCUT2D eigenvalue weighted by atomic mass is 10.3. The molecule has 1 N–H and O–H groups in total. The quantitative estimate of drug-likeness (QED) is 0.683. The molecular weight excluding hydrogens is 170 g/mol. The van der Waals surface area contributed by atoms with Crippen molar-refractivity contribution in [2.45, 2.75) is 6.92 Å². The Labute approximate surface area is 75.6 Å². The van der Waals surface area contributed by atoms with E-state index in [1.165, 1.54) is 11.3 Å². The highest BCUT2D eigenvalue weighted by Crippen LogP contribution is 2.14. The fourth-order valence-electron chi connectivity index (χ4n) is 0.817. The molecule has 0 spiro atoms. The molecule has 0 saturated heterocycles. The van der Waals surface area contributed by atoms with Gasteiger partial charge in [0.1, 0.15) is 0 Å². The van der Waals surface area contributed by atoms with Crippen molar-refractivity contribution < 1.29 is 4.79 Å². The van der Waals surface area contributed by atoms with Crippen LogP contribution < -0.4 is 5.32 Å². The van der Waals surface area contributed by atoms with Crippen molar-refractivity contribution in [3.8, 4) is 12.3 Å². The summed E-state index contributed by atoms with van der Waals surface area (Å²) in [6, 6.07) is 1.91.